The summed E-state index contributed by atoms with van der Waals surface area (Å²) in [4.78, 5) is 0. The summed E-state index contributed by atoms with van der Waals surface area (Å²) >= 11 is 0. The summed E-state index contributed by atoms with van der Waals surface area (Å²) < 4.78 is 28.0. The second-order valence-corrected chi connectivity index (χ2v) is 6.65. The first-order valence-electron chi connectivity index (χ1n) is 9.16. The van der Waals surface area contributed by atoms with Crippen molar-refractivity contribution in [2.45, 2.75) is 45.4 Å². The maximum Gasteiger partial charge on any atom is 0.138 e. The van der Waals surface area contributed by atoms with Crippen LogP contribution >= 0.6 is 0 Å². The van der Waals surface area contributed by atoms with Crippen LogP contribution < -0.4 is 0 Å². The van der Waals surface area contributed by atoms with Crippen LogP contribution in [0.4, 0.5) is 8.78 Å². The highest BCUT2D eigenvalue weighted by Gasteiger charge is 2.10. The Morgan fingerprint density at radius 1 is 0.760 bits per heavy atom. The third-order valence-electron chi connectivity index (χ3n) is 4.74. The number of rotatable bonds is 7. The lowest BCUT2D eigenvalue weighted by molar-refractivity contribution is 0.627. The second kappa shape index (κ2) is 8.24. The molecule has 0 heterocycles. The van der Waals surface area contributed by atoms with E-state index in [9.17, 15) is 8.78 Å². The van der Waals surface area contributed by atoms with Gasteiger partial charge in [-0.05, 0) is 41.5 Å². The zero-order valence-electron chi connectivity index (χ0n) is 14.7. The smallest absolute Gasteiger partial charge is 0.138 e. The first kappa shape index (κ1) is 17.6. The molecule has 2 heteroatoms. The molecule has 3 rings (SSSR count). The molecule has 0 aliphatic rings. The topological polar surface area (TPSA) is 0 Å². The van der Waals surface area contributed by atoms with Gasteiger partial charge in [0.15, 0.2) is 0 Å². The largest absolute Gasteiger partial charge is 0.207 e. The number of fused-ring (bicyclic) bond motifs is 1. The summed E-state index contributed by atoms with van der Waals surface area (Å²) in [6, 6.07) is 15.7. The van der Waals surface area contributed by atoms with Crippen molar-refractivity contribution in [3.8, 4) is 11.1 Å². The third-order valence-corrected chi connectivity index (χ3v) is 4.74. The van der Waals surface area contributed by atoms with E-state index in [1.165, 1.54) is 49.8 Å². The van der Waals surface area contributed by atoms with Crippen molar-refractivity contribution in [1.82, 2.24) is 0 Å². The van der Waals surface area contributed by atoms with Crippen molar-refractivity contribution >= 4 is 10.8 Å². The first-order valence-corrected chi connectivity index (χ1v) is 9.16. The SMILES string of the molecule is CCCCCCCc1ccc2c(F)c(-c3ccc(F)cc3)ccc2c1. The van der Waals surface area contributed by atoms with E-state index >= 15 is 0 Å². The van der Waals surface area contributed by atoms with Gasteiger partial charge in [0, 0.05) is 10.9 Å². The summed E-state index contributed by atoms with van der Waals surface area (Å²) in [5, 5.41) is 1.55. The van der Waals surface area contributed by atoms with Crippen LogP contribution in [0.5, 0.6) is 0 Å². The summed E-state index contributed by atoms with van der Waals surface area (Å²) in [7, 11) is 0. The summed E-state index contributed by atoms with van der Waals surface area (Å²) in [6.07, 6.45) is 7.33. The van der Waals surface area contributed by atoms with Crippen LogP contribution in [0.3, 0.4) is 0 Å². The number of hydrogen-bond acceptors (Lipinski definition) is 0. The molecule has 0 bridgehead atoms. The molecule has 0 N–H and O–H groups in total. The predicted molar refractivity (Wildman–Crippen MR) is 102 cm³/mol. The Morgan fingerprint density at radius 2 is 1.52 bits per heavy atom. The fourth-order valence-electron chi connectivity index (χ4n) is 3.28. The Morgan fingerprint density at radius 3 is 2.28 bits per heavy atom. The van der Waals surface area contributed by atoms with E-state index in [0.29, 0.717) is 16.5 Å². The molecule has 3 aromatic carbocycles. The van der Waals surface area contributed by atoms with Crippen molar-refractivity contribution in [3.63, 3.8) is 0 Å². The molecular formula is C23H24F2. The molecule has 0 saturated carbocycles. The van der Waals surface area contributed by atoms with Gasteiger partial charge >= 0.3 is 0 Å². The maximum absolute atomic E-state index is 14.9. The monoisotopic (exact) mass is 338 g/mol. The van der Waals surface area contributed by atoms with E-state index < -0.39 is 0 Å². The van der Waals surface area contributed by atoms with E-state index in [4.69, 9.17) is 0 Å². The summed E-state index contributed by atoms with van der Waals surface area (Å²) in [5.74, 6) is -0.549. The minimum atomic E-state index is -0.312. The Kier molecular flexibility index (Phi) is 5.80. The highest BCUT2D eigenvalue weighted by Crippen LogP contribution is 2.30. The Labute approximate surface area is 148 Å². The van der Waals surface area contributed by atoms with Gasteiger partial charge < -0.3 is 0 Å². The van der Waals surface area contributed by atoms with E-state index in [1.807, 2.05) is 18.2 Å². The number of hydrogen-bond donors (Lipinski definition) is 0. The molecule has 0 atom stereocenters. The van der Waals surface area contributed by atoms with Gasteiger partial charge in [0.25, 0.3) is 0 Å². The molecule has 25 heavy (non-hydrogen) atoms. The van der Waals surface area contributed by atoms with Crippen molar-refractivity contribution < 1.29 is 8.78 Å². The lowest BCUT2D eigenvalue weighted by atomic mass is 9.97. The molecule has 0 unspecified atom stereocenters. The number of unbranched alkanes of at least 4 members (excludes halogenated alkanes) is 4. The molecule has 0 saturated heterocycles. The Bertz CT molecular complexity index is 835. The average Bonchev–Trinajstić information content (AvgIpc) is 2.63. The van der Waals surface area contributed by atoms with Gasteiger partial charge in [-0.25, -0.2) is 8.78 Å². The quantitative estimate of drug-likeness (QED) is 0.396. The average molecular weight is 338 g/mol. The standard InChI is InChI=1S/C23H24F2/c1-2-3-4-5-6-7-17-8-14-22-19(16-17)11-15-21(23(22)25)18-9-12-20(24)13-10-18/h8-16H,2-7H2,1H3. The lowest BCUT2D eigenvalue weighted by Gasteiger charge is -2.09. The predicted octanol–water partition coefficient (Wildman–Crippen LogP) is 7.30. The summed E-state index contributed by atoms with van der Waals surface area (Å²) in [5.41, 5.74) is 2.47. The molecule has 0 amide bonds. The van der Waals surface area contributed by atoms with Gasteiger partial charge in [0.05, 0.1) is 0 Å². The fourth-order valence-corrected chi connectivity index (χ4v) is 3.28. The number of aryl methyl sites for hydroxylation is 1. The van der Waals surface area contributed by atoms with E-state index in [-0.39, 0.29) is 11.6 Å². The molecule has 0 fully saturated rings. The molecule has 0 aliphatic carbocycles. The molecule has 0 spiro atoms. The van der Waals surface area contributed by atoms with Gasteiger partial charge in [-0.3, -0.25) is 0 Å². The minimum Gasteiger partial charge on any atom is -0.207 e. The molecule has 0 aliphatic heterocycles. The van der Waals surface area contributed by atoms with Crippen LogP contribution in [0, 0.1) is 11.6 Å². The zero-order valence-corrected chi connectivity index (χ0v) is 14.7. The molecule has 3 aromatic rings. The van der Waals surface area contributed by atoms with Gasteiger partial charge in [-0.15, -0.1) is 0 Å². The van der Waals surface area contributed by atoms with Crippen LogP contribution in [0.15, 0.2) is 54.6 Å². The van der Waals surface area contributed by atoms with Crippen LogP contribution in [0.2, 0.25) is 0 Å². The van der Waals surface area contributed by atoms with Gasteiger partial charge in [-0.2, -0.15) is 0 Å². The Balaban J connectivity index is 1.80. The van der Waals surface area contributed by atoms with Gasteiger partial charge in [0.1, 0.15) is 11.6 Å². The van der Waals surface area contributed by atoms with Crippen molar-refractivity contribution in [3.05, 3.63) is 71.8 Å². The molecule has 130 valence electrons. The minimum absolute atomic E-state index is 0.237. The zero-order chi connectivity index (χ0) is 17.6. The Hall–Kier alpha value is -2.22. The fraction of sp³-hybridized carbons (Fsp3) is 0.304. The highest BCUT2D eigenvalue weighted by atomic mass is 19.1. The van der Waals surface area contributed by atoms with E-state index in [1.54, 1.807) is 18.2 Å². The molecule has 0 nitrogen and oxygen atoms in total. The van der Waals surface area contributed by atoms with Crippen molar-refractivity contribution in [2.24, 2.45) is 0 Å². The van der Waals surface area contributed by atoms with Gasteiger partial charge in [-0.1, -0.05) is 75.1 Å². The molecule has 0 radical (unpaired) electrons. The van der Waals surface area contributed by atoms with Crippen LogP contribution in [-0.4, -0.2) is 0 Å². The van der Waals surface area contributed by atoms with E-state index in [2.05, 4.69) is 13.0 Å². The van der Waals surface area contributed by atoms with Crippen molar-refractivity contribution in [1.29, 1.82) is 0 Å². The van der Waals surface area contributed by atoms with Crippen LogP contribution in [0.1, 0.15) is 44.6 Å². The number of benzene rings is 3. The maximum atomic E-state index is 14.9. The third kappa shape index (κ3) is 4.25. The van der Waals surface area contributed by atoms with Crippen LogP contribution in [0.25, 0.3) is 21.9 Å². The highest BCUT2D eigenvalue weighted by molar-refractivity contribution is 5.88. The van der Waals surface area contributed by atoms with Crippen molar-refractivity contribution in [2.75, 3.05) is 0 Å². The van der Waals surface area contributed by atoms with Crippen LogP contribution in [-0.2, 0) is 6.42 Å². The molecule has 0 aromatic heterocycles. The molecular weight excluding hydrogens is 314 g/mol. The second-order valence-electron chi connectivity index (χ2n) is 6.65. The first-order chi connectivity index (χ1) is 12.2. The van der Waals surface area contributed by atoms with E-state index in [0.717, 1.165) is 11.8 Å². The lowest BCUT2D eigenvalue weighted by Crippen LogP contribution is -1.90. The van der Waals surface area contributed by atoms with Gasteiger partial charge in [0.2, 0.25) is 0 Å². The number of halogens is 2. The normalized spacial score (nSPS) is 11.2. The summed E-state index contributed by atoms with van der Waals surface area (Å²) in [6.45, 7) is 2.22.